The van der Waals surface area contributed by atoms with Crippen LogP contribution < -0.4 is 14.8 Å². The summed E-state index contributed by atoms with van der Waals surface area (Å²) in [6.45, 7) is 0.111. The maximum atomic E-state index is 12.1. The van der Waals surface area contributed by atoms with Crippen LogP contribution in [-0.2, 0) is 20.9 Å². The Labute approximate surface area is 155 Å². The van der Waals surface area contributed by atoms with E-state index in [9.17, 15) is 14.7 Å². The molecule has 27 heavy (non-hydrogen) atoms. The molecule has 0 spiro atoms. The molecular weight excluding hydrogens is 354 g/mol. The molecule has 1 aliphatic heterocycles. The second-order valence-corrected chi connectivity index (χ2v) is 5.76. The Morgan fingerprint density at radius 2 is 1.89 bits per heavy atom. The standard InChI is InChI=1S/C19H19NO7/c1-24-18(22)16(20-19(23)25-10-12-5-3-2-4-6-12)17(21)13-7-8-14-15(9-13)27-11-26-14/h2-9,16-17,21H,10-11H2,1H3,(H,20,23)/t16-,17?/m0/s1. The molecule has 2 N–H and O–H groups in total. The van der Waals surface area contributed by atoms with Crippen molar-refractivity contribution in [1.82, 2.24) is 5.32 Å². The van der Waals surface area contributed by atoms with Crippen LogP contribution in [0.15, 0.2) is 48.5 Å². The first-order chi connectivity index (χ1) is 13.1. The van der Waals surface area contributed by atoms with E-state index in [0.717, 1.165) is 5.56 Å². The Bertz CT molecular complexity index is 809. The first-order valence-corrected chi connectivity index (χ1v) is 8.21. The van der Waals surface area contributed by atoms with E-state index in [1.165, 1.54) is 7.11 Å². The Kier molecular flexibility index (Phi) is 5.77. The van der Waals surface area contributed by atoms with Crippen molar-refractivity contribution in [2.24, 2.45) is 0 Å². The molecule has 2 aromatic carbocycles. The second-order valence-electron chi connectivity index (χ2n) is 5.76. The summed E-state index contributed by atoms with van der Waals surface area (Å²) in [5.74, 6) is 0.175. The van der Waals surface area contributed by atoms with Gasteiger partial charge in [-0.3, -0.25) is 0 Å². The van der Waals surface area contributed by atoms with E-state index >= 15 is 0 Å². The molecule has 0 aliphatic carbocycles. The summed E-state index contributed by atoms with van der Waals surface area (Å²) >= 11 is 0. The highest BCUT2D eigenvalue weighted by atomic mass is 16.7. The molecule has 142 valence electrons. The summed E-state index contributed by atoms with van der Waals surface area (Å²) in [6.07, 6.45) is -2.22. The number of aliphatic hydroxyl groups excluding tert-OH is 1. The van der Waals surface area contributed by atoms with Crippen molar-refractivity contribution in [3.63, 3.8) is 0 Å². The molecule has 0 aromatic heterocycles. The van der Waals surface area contributed by atoms with Gasteiger partial charge in [0.1, 0.15) is 12.7 Å². The minimum atomic E-state index is -1.36. The van der Waals surface area contributed by atoms with Crippen LogP contribution in [-0.4, -0.2) is 37.1 Å². The predicted molar refractivity (Wildman–Crippen MR) is 93.1 cm³/mol. The first-order valence-electron chi connectivity index (χ1n) is 8.21. The summed E-state index contributed by atoms with van der Waals surface area (Å²) in [7, 11) is 1.17. The number of carbonyl (C=O) groups is 2. The molecule has 8 nitrogen and oxygen atoms in total. The number of nitrogens with one attached hydrogen (secondary N) is 1. The number of amides is 1. The smallest absolute Gasteiger partial charge is 0.408 e. The van der Waals surface area contributed by atoms with Gasteiger partial charge in [0.05, 0.1) is 7.11 Å². The second kappa shape index (κ2) is 8.41. The van der Waals surface area contributed by atoms with Crippen molar-refractivity contribution < 1.29 is 33.6 Å². The van der Waals surface area contributed by atoms with Gasteiger partial charge in [-0.25, -0.2) is 9.59 Å². The summed E-state index contributed by atoms with van der Waals surface area (Å²) in [6, 6.07) is 12.5. The van der Waals surface area contributed by atoms with Gasteiger partial charge in [-0.2, -0.15) is 0 Å². The number of aliphatic hydroxyl groups is 1. The van der Waals surface area contributed by atoms with E-state index in [1.54, 1.807) is 30.3 Å². The van der Waals surface area contributed by atoms with Gasteiger partial charge in [0.25, 0.3) is 0 Å². The molecular formula is C19H19NO7. The van der Waals surface area contributed by atoms with Crippen LogP contribution in [0.25, 0.3) is 0 Å². The van der Waals surface area contributed by atoms with Gasteiger partial charge in [0.2, 0.25) is 6.79 Å². The van der Waals surface area contributed by atoms with Crippen LogP contribution >= 0.6 is 0 Å². The molecule has 2 atom stereocenters. The molecule has 0 saturated carbocycles. The minimum absolute atomic E-state index is 0.0285. The maximum Gasteiger partial charge on any atom is 0.408 e. The topological polar surface area (TPSA) is 103 Å². The van der Waals surface area contributed by atoms with Crippen molar-refractivity contribution >= 4 is 12.1 Å². The van der Waals surface area contributed by atoms with Crippen molar-refractivity contribution in [2.75, 3.05) is 13.9 Å². The van der Waals surface area contributed by atoms with Crippen LogP contribution in [0, 0.1) is 0 Å². The van der Waals surface area contributed by atoms with Gasteiger partial charge in [0.15, 0.2) is 17.5 Å². The van der Waals surface area contributed by atoms with Crippen molar-refractivity contribution in [3.05, 3.63) is 59.7 Å². The van der Waals surface area contributed by atoms with Crippen LogP contribution in [0.3, 0.4) is 0 Å². The van der Waals surface area contributed by atoms with Crippen LogP contribution in [0.1, 0.15) is 17.2 Å². The molecule has 0 fully saturated rings. The number of methoxy groups -OCH3 is 1. The number of benzene rings is 2. The lowest BCUT2D eigenvalue weighted by Crippen LogP contribution is -2.45. The fourth-order valence-corrected chi connectivity index (χ4v) is 2.58. The summed E-state index contributed by atoms with van der Waals surface area (Å²) in [5, 5.41) is 12.9. The van der Waals surface area contributed by atoms with Crippen LogP contribution in [0.5, 0.6) is 11.5 Å². The zero-order valence-electron chi connectivity index (χ0n) is 14.6. The third kappa shape index (κ3) is 4.48. The van der Waals surface area contributed by atoms with Crippen molar-refractivity contribution in [3.8, 4) is 11.5 Å². The van der Waals surface area contributed by atoms with Crippen LogP contribution in [0.2, 0.25) is 0 Å². The highest BCUT2D eigenvalue weighted by Crippen LogP contribution is 2.34. The van der Waals surface area contributed by atoms with E-state index in [4.69, 9.17) is 14.2 Å². The van der Waals surface area contributed by atoms with Crippen LogP contribution in [0.4, 0.5) is 4.79 Å². The zero-order valence-corrected chi connectivity index (χ0v) is 14.6. The summed E-state index contributed by atoms with van der Waals surface area (Å²) < 4.78 is 20.3. The Morgan fingerprint density at radius 3 is 2.63 bits per heavy atom. The number of fused-ring (bicyclic) bond motifs is 1. The number of carbonyl (C=O) groups excluding carboxylic acids is 2. The van der Waals surface area contributed by atoms with E-state index in [2.05, 4.69) is 10.1 Å². The van der Waals surface area contributed by atoms with Gasteiger partial charge in [-0.05, 0) is 23.3 Å². The quantitative estimate of drug-likeness (QED) is 0.746. The number of hydrogen-bond acceptors (Lipinski definition) is 7. The third-order valence-electron chi connectivity index (χ3n) is 4.00. The lowest BCUT2D eigenvalue weighted by atomic mass is 10.0. The molecule has 0 radical (unpaired) electrons. The molecule has 2 aromatic rings. The van der Waals surface area contributed by atoms with Gasteiger partial charge < -0.3 is 29.4 Å². The zero-order chi connectivity index (χ0) is 19.2. The molecule has 1 aliphatic rings. The number of rotatable bonds is 6. The van der Waals surface area contributed by atoms with Gasteiger partial charge in [-0.15, -0.1) is 0 Å². The van der Waals surface area contributed by atoms with E-state index < -0.39 is 24.2 Å². The molecule has 1 heterocycles. The van der Waals surface area contributed by atoms with Gasteiger partial charge >= 0.3 is 12.1 Å². The highest BCUT2D eigenvalue weighted by Gasteiger charge is 2.32. The van der Waals surface area contributed by atoms with E-state index in [1.807, 2.05) is 18.2 Å². The summed E-state index contributed by atoms with van der Waals surface area (Å²) in [5.41, 5.74) is 1.15. The molecule has 1 amide bonds. The Balaban J connectivity index is 1.67. The van der Waals surface area contributed by atoms with Crippen molar-refractivity contribution in [1.29, 1.82) is 0 Å². The summed E-state index contributed by atoms with van der Waals surface area (Å²) in [4.78, 5) is 24.1. The first kappa shape index (κ1) is 18.5. The number of hydrogen-bond donors (Lipinski definition) is 2. The number of ether oxygens (including phenoxy) is 4. The fourth-order valence-electron chi connectivity index (χ4n) is 2.58. The fraction of sp³-hybridized carbons (Fsp3) is 0.263. The highest BCUT2D eigenvalue weighted by molar-refractivity contribution is 5.82. The third-order valence-corrected chi connectivity index (χ3v) is 4.00. The predicted octanol–water partition coefficient (Wildman–Crippen LogP) is 1.92. The lowest BCUT2D eigenvalue weighted by molar-refractivity contribution is -0.146. The Hall–Kier alpha value is -3.26. The largest absolute Gasteiger partial charge is 0.467 e. The monoisotopic (exact) mass is 373 g/mol. The number of esters is 1. The van der Waals surface area contributed by atoms with E-state index in [0.29, 0.717) is 17.1 Å². The number of alkyl carbamates (subject to hydrolysis) is 1. The minimum Gasteiger partial charge on any atom is -0.467 e. The lowest BCUT2D eigenvalue weighted by Gasteiger charge is -2.22. The molecule has 3 rings (SSSR count). The maximum absolute atomic E-state index is 12.1. The van der Waals surface area contributed by atoms with Crippen molar-refractivity contribution in [2.45, 2.75) is 18.8 Å². The van der Waals surface area contributed by atoms with Gasteiger partial charge in [0, 0.05) is 0 Å². The molecule has 1 unspecified atom stereocenters. The average molecular weight is 373 g/mol. The SMILES string of the molecule is COC(=O)[C@@H](NC(=O)OCc1ccccc1)C(O)c1ccc2c(c1)OCO2. The van der Waals surface area contributed by atoms with E-state index in [-0.39, 0.29) is 13.4 Å². The normalized spacial score (nSPS) is 14.1. The molecule has 0 saturated heterocycles. The Morgan fingerprint density at radius 1 is 1.15 bits per heavy atom. The van der Waals surface area contributed by atoms with Gasteiger partial charge in [-0.1, -0.05) is 36.4 Å². The molecule has 0 bridgehead atoms. The average Bonchev–Trinajstić information content (AvgIpc) is 3.18. The molecule has 8 heteroatoms.